The molecule has 1 aliphatic heterocycles. The van der Waals surface area contributed by atoms with Crippen LogP contribution in [-0.4, -0.2) is 46.0 Å². The SMILES string of the molecule is Cc1ccc(F)c([C@]2(C)C[S@](=NCC(F)(F)F)C(C)(O)C(NC(=O)OC(C)(C)C)=N2)c1. The van der Waals surface area contributed by atoms with Crippen molar-refractivity contribution in [3.63, 3.8) is 0 Å². The minimum atomic E-state index is -4.58. The molecule has 6 nitrogen and oxygen atoms in total. The van der Waals surface area contributed by atoms with Crippen molar-refractivity contribution in [1.82, 2.24) is 5.32 Å². The molecule has 3 atom stereocenters. The first-order valence-electron chi connectivity index (χ1n) is 9.48. The molecule has 0 aromatic heterocycles. The van der Waals surface area contributed by atoms with Crippen molar-refractivity contribution in [1.29, 1.82) is 0 Å². The largest absolute Gasteiger partial charge is 0.444 e. The Morgan fingerprint density at radius 2 is 1.94 bits per heavy atom. The number of amides is 1. The zero-order valence-corrected chi connectivity index (χ0v) is 19.0. The van der Waals surface area contributed by atoms with Gasteiger partial charge in [0.15, 0.2) is 10.8 Å². The third kappa shape index (κ3) is 6.49. The van der Waals surface area contributed by atoms with Crippen molar-refractivity contribution in [2.45, 2.75) is 63.8 Å². The highest BCUT2D eigenvalue weighted by atomic mass is 32.2. The number of alkyl halides is 3. The van der Waals surface area contributed by atoms with Crippen molar-refractivity contribution in [2.75, 3.05) is 12.3 Å². The average molecular weight is 466 g/mol. The van der Waals surface area contributed by atoms with Crippen molar-refractivity contribution < 1.29 is 32.2 Å². The number of rotatable bonds is 2. The molecule has 0 radical (unpaired) electrons. The summed E-state index contributed by atoms with van der Waals surface area (Å²) >= 11 is 0. The Kier molecular flexibility index (Phi) is 6.92. The first-order valence-corrected chi connectivity index (χ1v) is 10.8. The molecule has 2 N–H and O–H groups in total. The molecule has 1 amide bonds. The molecule has 0 aliphatic carbocycles. The van der Waals surface area contributed by atoms with Crippen molar-refractivity contribution in [3.8, 4) is 0 Å². The molecule has 0 saturated carbocycles. The van der Waals surface area contributed by atoms with Gasteiger partial charge in [0.05, 0.1) is 5.54 Å². The summed E-state index contributed by atoms with van der Waals surface area (Å²) in [5.74, 6) is -1.10. The van der Waals surface area contributed by atoms with Gasteiger partial charge in [-0.15, -0.1) is 0 Å². The van der Waals surface area contributed by atoms with Gasteiger partial charge in [0.1, 0.15) is 18.0 Å². The number of halogens is 4. The van der Waals surface area contributed by atoms with Crippen LogP contribution in [-0.2, 0) is 21.0 Å². The van der Waals surface area contributed by atoms with Gasteiger partial charge in [-0.2, -0.15) is 13.2 Å². The van der Waals surface area contributed by atoms with Crippen LogP contribution in [0.2, 0.25) is 0 Å². The van der Waals surface area contributed by atoms with Crippen molar-refractivity contribution >= 4 is 22.6 Å². The lowest BCUT2D eigenvalue weighted by molar-refractivity contribution is -0.117. The van der Waals surface area contributed by atoms with Gasteiger partial charge < -0.3 is 9.84 Å². The Bertz CT molecular complexity index is 923. The number of nitrogens with one attached hydrogen (secondary N) is 1. The molecule has 1 aliphatic rings. The van der Waals surface area contributed by atoms with E-state index in [0.29, 0.717) is 0 Å². The average Bonchev–Trinajstić information content (AvgIpc) is 2.56. The number of ether oxygens (including phenoxy) is 1. The molecule has 2 rings (SSSR count). The lowest BCUT2D eigenvalue weighted by Gasteiger charge is -2.40. The van der Waals surface area contributed by atoms with E-state index in [2.05, 4.69) is 14.7 Å². The molecule has 0 bridgehead atoms. The third-order valence-corrected chi connectivity index (χ3v) is 6.78. The summed E-state index contributed by atoms with van der Waals surface area (Å²) in [5, 5.41) is 13.3. The van der Waals surface area contributed by atoms with Gasteiger partial charge in [-0.25, -0.2) is 9.18 Å². The number of carbonyl (C=O) groups excluding carboxylic acids is 1. The fraction of sp³-hybridized carbons (Fsp3) is 0.600. The molecular formula is C20H27F4N3O3S. The molecule has 1 aromatic carbocycles. The molecule has 1 aromatic rings. The summed E-state index contributed by atoms with van der Waals surface area (Å²) in [7, 11) is -1.66. The number of carbonyl (C=O) groups is 1. The number of alkyl carbamates (subject to hydrolysis) is 1. The van der Waals surface area contributed by atoms with Gasteiger partial charge in [-0.05, 0) is 47.6 Å². The first kappa shape index (κ1) is 25.3. The molecule has 0 spiro atoms. The van der Waals surface area contributed by atoms with Gasteiger partial charge in [-0.1, -0.05) is 28.4 Å². The predicted molar refractivity (Wildman–Crippen MR) is 111 cm³/mol. The number of aliphatic imine (C=N–C) groups is 1. The normalized spacial score (nSPS) is 27.1. The molecular weight excluding hydrogens is 438 g/mol. The highest BCUT2D eigenvalue weighted by Gasteiger charge is 2.46. The van der Waals surface area contributed by atoms with E-state index in [-0.39, 0.29) is 17.2 Å². The van der Waals surface area contributed by atoms with Crippen LogP contribution in [0.3, 0.4) is 0 Å². The number of hydrogen-bond donors (Lipinski definition) is 2. The molecule has 31 heavy (non-hydrogen) atoms. The topological polar surface area (TPSA) is 83.3 Å². The van der Waals surface area contributed by atoms with E-state index in [1.54, 1.807) is 33.8 Å². The lowest BCUT2D eigenvalue weighted by Crippen LogP contribution is -2.57. The van der Waals surface area contributed by atoms with E-state index in [4.69, 9.17) is 4.74 Å². The Morgan fingerprint density at radius 3 is 2.48 bits per heavy atom. The zero-order chi connectivity index (χ0) is 23.8. The van der Waals surface area contributed by atoms with E-state index in [1.165, 1.54) is 26.0 Å². The first-order chi connectivity index (χ1) is 13.9. The number of benzene rings is 1. The van der Waals surface area contributed by atoms with Gasteiger partial charge in [0.25, 0.3) is 0 Å². The second-order valence-corrected chi connectivity index (χ2v) is 10.8. The zero-order valence-electron chi connectivity index (χ0n) is 18.2. The van der Waals surface area contributed by atoms with Crippen molar-refractivity contribution in [2.24, 2.45) is 9.36 Å². The van der Waals surface area contributed by atoms with Crippen LogP contribution in [0, 0.1) is 12.7 Å². The maximum absolute atomic E-state index is 14.7. The Balaban J connectivity index is 2.60. The van der Waals surface area contributed by atoms with E-state index in [1.807, 2.05) is 0 Å². The third-order valence-electron chi connectivity index (χ3n) is 4.40. The maximum Gasteiger partial charge on any atom is 0.413 e. The Morgan fingerprint density at radius 1 is 1.32 bits per heavy atom. The summed E-state index contributed by atoms with van der Waals surface area (Å²) in [5.41, 5.74) is -1.38. The number of hydrogen-bond acceptors (Lipinski definition) is 5. The van der Waals surface area contributed by atoms with Gasteiger partial charge in [0.2, 0.25) is 0 Å². The standard InChI is InChI=1S/C20H27F4N3O3S/c1-12-7-8-14(21)13(9-12)18(5)11-31(25-10-20(22,23)24)19(6,29)15(27-18)26-16(28)30-17(2,3)4/h7-9,29H,10-11H2,1-6H3,(H,26,27,28)/t18-,19?,31-/m0/s1. The molecule has 0 fully saturated rings. The van der Waals surface area contributed by atoms with Gasteiger partial charge >= 0.3 is 12.3 Å². The summed E-state index contributed by atoms with van der Waals surface area (Å²) in [6, 6.07) is 4.33. The predicted octanol–water partition coefficient (Wildman–Crippen LogP) is 4.36. The summed E-state index contributed by atoms with van der Waals surface area (Å²) in [6.07, 6.45) is -5.53. The van der Waals surface area contributed by atoms with E-state index >= 15 is 0 Å². The summed E-state index contributed by atoms with van der Waals surface area (Å²) in [4.78, 5) is 14.7. The summed E-state index contributed by atoms with van der Waals surface area (Å²) < 4.78 is 62.0. The van der Waals surface area contributed by atoms with Crippen LogP contribution in [0.15, 0.2) is 27.6 Å². The molecule has 1 heterocycles. The number of nitrogens with zero attached hydrogens (tertiary/aromatic N) is 2. The minimum Gasteiger partial charge on any atom is -0.444 e. The lowest BCUT2D eigenvalue weighted by atomic mass is 9.92. The van der Waals surface area contributed by atoms with E-state index in [9.17, 15) is 27.5 Å². The molecule has 11 heteroatoms. The Labute approximate surface area is 181 Å². The smallest absolute Gasteiger partial charge is 0.413 e. The molecule has 1 unspecified atom stereocenters. The van der Waals surface area contributed by atoms with Gasteiger partial charge in [-0.3, -0.25) is 14.7 Å². The van der Waals surface area contributed by atoms with E-state index < -0.39 is 51.4 Å². The fourth-order valence-corrected chi connectivity index (χ4v) is 4.96. The van der Waals surface area contributed by atoms with Gasteiger partial charge in [0, 0.05) is 11.3 Å². The minimum absolute atomic E-state index is 0.131. The van der Waals surface area contributed by atoms with Crippen molar-refractivity contribution in [3.05, 3.63) is 35.1 Å². The summed E-state index contributed by atoms with van der Waals surface area (Å²) in [6.45, 7) is 7.88. The second kappa shape index (κ2) is 8.50. The van der Waals surface area contributed by atoms with Crippen LogP contribution >= 0.6 is 0 Å². The van der Waals surface area contributed by atoms with Crippen LogP contribution in [0.4, 0.5) is 22.4 Å². The monoisotopic (exact) mass is 465 g/mol. The fourth-order valence-electron chi connectivity index (χ4n) is 2.96. The number of aliphatic hydroxyl groups is 1. The highest BCUT2D eigenvalue weighted by molar-refractivity contribution is 7.89. The maximum atomic E-state index is 14.7. The quantitative estimate of drug-likeness (QED) is 0.637. The number of aryl methyl sites for hydroxylation is 1. The van der Waals surface area contributed by atoms with Crippen LogP contribution < -0.4 is 5.32 Å². The number of amidine groups is 1. The van der Waals surface area contributed by atoms with Crippen LogP contribution in [0.1, 0.15) is 45.7 Å². The molecule has 0 saturated heterocycles. The second-order valence-electron chi connectivity index (χ2n) is 8.74. The van der Waals surface area contributed by atoms with E-state index in [0.717, 1.165) is 5.56 Å². The molecule has 174 valence electrons. The highest BCUT2D eigenvalue weighted by Crippen LogP contribution is 2.37. The Hall–Kier alpha value is -2.01. The van der Waals surface area contributed by atoms with Crippen LogP contribution in [0.25, 0.3) is 0 Å². The van der Waals surface area contributed by atoms with Crippen LogP contribution in [0.5, 0.6) is 0 Å².